The van der Waals surface area contributed by atoms with Gasteiger partial charge in [0.1, 0.15) is 5.60 Å². The Hall–Kier alpha value is -1.37. The van der Waals surface area contributed by atoms with Crippen molar-refractivity contribution in [2.24, 2.45) is 0 Å². The van der Waals surface area contributed by atoms with Gasteiger partial charge >= 0.3 is 6.09 Å². The Morgan fingerprint density at radius 3 is 2.18 bits per heavy atom. The lowest BCUT2D eigenvalue weighted by molar-refractivity contribution is -0.114. The molecule has 6 nitrogen and oxygen atoms in total. The van der Waals surface area contributed by atoms with E-state index in [1.807, 2.05) is 0 Å². The highest BCUT2D eigenvalue weighted by Gasteiger charge is 2.15. The number of rotatable bonds is 3. The molecule has 0 aliphatic rings. The molecule has 0 saturated carbocycles. The highest BCUT2D eigenvalue weighted by Crippen LogP contribution is 2.05. The van der Waals surface area contributed by atoms with Crippen LogP contribution in [0.4, 0.5) is 4.79 Å². The van der Waals surface area contributed by atoms with E-state index in [4.69, 9.17) is 17.0 Å². The minimum absolute atomic E-state index is 0.113. The second-order valence-electron chi connectivity index (χ2n) is 4.26. The van der Waals surface area contributed by atoms with Crippen molar-refractivity contribution in [1.82, 2.24) is 16.0 Å². The van der Waals surface area contributed by atoms with Gasteiger partial charge in [-0.1, -0.05) is 12.2 Å². The van der Waals surface area contributed by atoms with E-state index in [2.05, 4.69) is 16.0 Å². The molecule has 0 aliphatic carbocycles. The Morgan fingerprint density at radius 2 is 1.71 bits per heavy atom. The highest BCUT2D eigenvalue weighted by atomic mass is 32.1. The summed E-state index contributed by atoms with van der Waals surface area (Å²) in [6.07, 6.45) is -0.511. The van der Waals surface area contributed by atoms with E-state index in [0.717, 1.165) is 0 Å². The Morgan fingerprint density at radius 1 is 1.18 bits per heavy atom. The van der Waals surface area contributed by atoms with Crippen LogP contribution in [-0.4, -0.2) is 42.7 Å². The molecule has 2 amide bonds. The van der Waals surface area contributed by atoms with Crippen LogP contribution in [0.1, 0.15) is 20.8 Å². The first kappa shape index (κ1) is 15.6. The van der Waals surface area contributed by atoms with Gasteiger partial charge in [-0.25, -0.2) is 4.79 Å². The summed E-state index contributed by atoms with van der Waals surface area (Å²) < 4.78 is 5.01. The maximum absolute atomic E-state index is 11.2. The normalized spacial score (nSPS) is 10.4. The van der Waals surface area contributed by atoms with Crippen molar-refractivity contribution in [3.8, 4) is 0 Å². The van der Waals surface area contributed by atoms with Gasteiger partial charge in [0.15, 0.2) is 4.99 Å². The predicted molar refractivity (Wildman–Crippen MR) is 68.9 cm³/mol. The second kappa shape index (κ2) is 7.05. The molecule has 98 valence electrons. The summed E-state index contributed by atoms with van der Waals surface area (Å²) in [6, 6.07) is 0. The van der Waals surface area contributed by atoms with Crippen molar-refractivity contribution in [3.63, 3.8) is 0 Å². The highest BCUT2D eigenvalue weighted by molar-refractivity contribution is 7.82. The average Bonchev–Trinajstić information content (AvgIpc) is 2.20. The number of carbonyl (C=O) groups excluding carboxylic acids is 2. The van der Waals surface area contributed by atoms with Crippen LogP contribution in [0.3, 0.4) is 0 Å². The fraction of sp³-hybridized carbons (Fsp3) is 0.700. The Kier molecular flexibility index (Phi) is 6.48. The van der Waals surface area contributed by atoms with E-state index in [1.165, 1.54) is 0 Å². The van der Waals surface area contributed by atoms with Gasteiger partial charge in [-0.2, -0.15) is 0 Å². The number of likely N-dealkylation sites (N-methyl/N-ethyl adjacent to an activating group) is 1. The zero-order valence-corrected chi connectivity index (χ0v) is 11.4. The fourth-order valence-electron chi connectivity index (χ4n) is 0.849. The molecule has 7 heteroatoms. The minimum atomic E-state index is -0.527. The van der Waals surface area contributed by atoms with Gasteiger partial charge in [0, 0.05) is 20.1 Å². The van der Waals surface area contributed by atoms with E-state index in [1.54, 1.807) is 27.8 Å². The Bertz CT molecular complexity index is 300. The molecule has 0 aromatic rings. The predicted octanol–water partition coefficient (Wildman–Crippen LogP) is 0.174. The Labute approximate surface area is 106 Å². The maximum atomic E-state index is 11.2. The first-order chi connectivity index (χ1) is 7.76. The summed E-state index contributed by atoms with van der Waals surface area (Å²) in [6.45, 7) is 5.91. The van der Waals surface area contributed by atoms with Gasteiger partial charge in [-0.05, 0) is 20.8 Å². The summed E-state index contributed by atoms with van der Waals surface area (Å²) in [5, 5.41) is 7.60. The van der Waals surface area contributed by atoms with Crippen molar-refractivity contribution < 1.29 is 14.3 Å². The van der Waals surface area contributed by atoms with Crippen molar-refractivity contribution in [1.29, 1.82) is 0 Å². The molecule has 0 rings (SSSR count). The van der Waals surface area contributed by atoms with Crippen molar-refractivity contribution in [3.05, 3.63) is 0 Å². The summed E-state index contributed by atoms with van der Waals surface area (Å²) in [7, 11) is 1.57. The van der Waals surface area contributed by atoms with E-state index in [0.29, 0.717) is 6.54 Å². The van der Waals surface area contributed by atoms with Gasteiger partial charge in [0.05, 0.1) is 0 Å². The monoisotopic (exact) mass is 261 g/mol. The molecule has 17 heavy (non-hydrogen) atoms. The number of hydrogen-bond donors (Lipinski definition) is 3. The van der Waals surface area contributed by atoms with Crippen LogP contribution in [0.5, 0.6) is 0 Å². The number of alkyl carbamates (subject to hydrolysis) is 1. The molecule has 0 fully saturated rings. The SMILES string of the molecule is CNC(=S)C(=O)NCCNC(=O)OC(C)(C)C. The molecule has 3 N–H and O–H groups in total. The maximum Gasteiger partial charge on any atom is 0.407 e. The van der Waals surface area contributed by atoms with Gasteiger partial charge in [0.2, 0.25) is 0 Å². The second-order valence-corrected chi connectivity index (χ2v) is 4.67. The summed E-state index contributed by atoms with van der Waals surface area (Å²) in [5.41, 5.74) is -0.527. The summed E-state index contributed by atoms with van der Waals surface area (Å²) in [5.74, 6) is -0.367. The molecule has 0 heterocycles. The molecule has 0 aromatic carbocycles. The van der Waals surface area contributed by atoms with Crippen molar-refractivity contribution >= 4 is 29.2 Å². The third-order valence-electron chi connectivity index (χ3n) is 1.51. The number of amides is 2. The molecule has 0 saturated heterocycles. The average molecular weight is 261 g/mol. The van der Waals surface area contributed by atoms with E-state index < -0.39 is 11.7 Å². The van der Waals surface area contributed by atoms with Crippen LogP contribution in [0, 0.1) is 0 Å². The molecular weight excluding hydrogens is 242 g/mol. The van der Waals surface area contributed by atoms with E-state index >= 15 is 0 Å². The molecule has 0 aliphatic heterocycles. The van der Waals surface area contributed by atoms with Crippen LogP contribution in [0.2, 0.25) is 0 Å². The topological polar surface area (TPSA) is 79.5 Å². The summed E-state index contributed by atoms with van der Waals surface area (Å²) in [4.78, 5) is 22.5. The van der Waals surface area contributed by atoms with Gasteiger partial charge in [-0.3, -0.25) is 4.79 Å². The van der Waals surface area contributed by atoms with Crippen molar-refractivity contribution in [2.75, 3.05) is 20.1 Å². The van der Waals surface area contributed by atoms with Gasteiger partial charge < -0.3 is 20.7 Å². The molecule has 0 aromatic heterocycles. The number of hydrogen-bond acceptors (Lipinski definition) is 4. The van der Waals surface area contributed by atoms with Crippen LogP contribution in [0.25, 0.3) is 0 Å². The van der Waals surface area contributed by atoms with Crippen LogP contribution < -0.4 is 16.0 Å². The molecule has 0 bridgehead atoms. The van der Waals surface area contributed by atoms with Crippen LogP contribution in [0.15, 0.2) is 0 Å². The van der Waals surface area contributed by atoms with Gasteiger partial charge in [0.25, 0.3) is 5.91 Å². The third-order valence-corrected chi connectivity index (χ3v) is 1.90. The molecule has 0 atom stereocenters. The molecule has 0 spiro atoms. The largest absolute Gasteiger partial charge is 0.444 e. The fourth-order valence-corrected chi connectivity index (χ4v) is 0.921. The smallest absolute Gasteiger partial charge is 0.407 e. The number of ether oxygens (including phenoxy) is 1. The minimum Gasteiger partial charge on any atom is -0.444 e. The lowest BCUT2D eigenvalue weighted by atomic mass is 10.2. The first-order valence-electron chi connectivity index (χ1n) is 5.23. The third kappa shape index (κ3) is 8.44. The van der Waals surface area contributed by atoms with E-state index in [-0.39, 0.29) is 17.4 Å². The zero-order chi connectivity index (χ0) is 13.5. The molecule has 0 unspecified atom stereocenters. The lowest BCUT2D eigenvalue weighted by Crippen LogP contribution is -2.41. The molecular formula is C10H19N3O3S. The van der Waals surface area contributed by atoms with Gasteiger partial charge in [-0.15, -0.1) is 0 Å². The van der Waals surface area contributed by atoms with Crippen LogP contribution >= 0.6 is 12.2 Å². The first-order valence-corrected chi connectivity index (χ1v) is 5.64. The number of carbonyl (C=O) groups is 2. The summed E-state index contributed by atoms with van der Waals surface area (Å²) >= 11 is 4.72. The van der Waals surface area contributed by atoms with Crippen molar-refractivity contribution in [2.45, 2.75) is 26.4 Å². The Balaban J connectivity index is 3.69. The lowest BCUT2D eigenvalue weighted by Gasteiger charge is -2.19. The van der Waals surface area contributed by atoms with Crippen LogP contribution in [-0.2, 0) is 9.53 Å². The number of thiocarbonyl (C=S) groups is 1. The molecule has 0 radical (unpaired) electrons. The number of nitrogens with one attached hydrogen (secondary N) is 3. The standard InChI is InChI=1S/C10H19N3O3S/c1-10(2,3)16-9(15)13-6-5-12-7(14)8(17)11-4/h5-6H2,1-4H3,(H,11,17)(H,12,14)(H,13,15). The zero-order valence-electron chi connectivity index (χ0n) is 10.5. The van der Waals surface area contributed by atoms with E-state index in [9.17, 15) is 9.59 Å². The quantitative estimate of drug-likeness (QED) is 0.499.